The van der Waals surface area contributed by atoms with Gasteiger partial charge in [-0.05, 0) is 19.9 Å². The van der Waals surface area contributed by atoms with Gasteiger partial charge in [0, 0.05) is 22.7 Å². The Morgan fingerprint density at radius 1 is 1.23 bits per heavy atom. The maximum atomic E-state index is 12.2. The number of hydrogen-bond donors (Lipinski definition) is 2. The van der Waals surface area contributed by atoms with E-state index in [-0.39, 0.29) is 11.9 Å². The van der Waals surface area contributed by atoms with Gasteiger partial charge in [-0.1, -0.05) is 30.3 Å². The second-order valence-electron chi connectivity index (χ2n) is 5.77. The maximum Gasteiger partial charge on any atom is 0.250 e. The molecule has 0 radical (unpaired) electrons. The van der Waals surface area contributed by atoms with Gasteiger partial charge in [-0.2, -0.15) is 4.98 Å². The fourth-order valence-electron chi connectivity index (χ4n) is 2.63. The monoisotopic (exact) mass is 364 g/mol. The number of H-pyrrole nitrogens is 1. The highest BCUT2D eigenvalue weighted by Gasteiger charge is 2.10. The van der Waals surface area contributed by atoms with Gasteiger partial charge in [0.15, 0.2) is 10.8 Å². The molecule has 0 aliphatic rings. The standard InChI is InChI=1S/C18H16N6OS/c1-11-10-24-14(12(2)19-18(24)26-11)8-9-15(25)20-17-21-16(22-23-17)13-6-4-3-5-7-13/h3-10H,1-2H3,(H2,20,21,22,23,25). The van der Waals surface area contributed by atoms with Crippen molar-refractivity contribution in [3.63, 3.8) is 0 Å². The van der Waals surface area contributed by atoms with Gasteiger partial charge in [-0.15, -0.1) is 16.4 Å². The number of hydrogen-bond acceptors (Lipinski definition) is 5. The van der Waals surface area contributed by atoms with Gasteiger partial charge in [-0.25, -0.2) is 4.98 Å². The number of amides is 1. The Labute approximate surface area is 153 Å². The third-order valence-corrected chi connectivity index (χ3v) is 4.72. The van der Waals surface area contributed by atoms with E-state index in [1.165, 1.54) is 11.0 Å². The molecule has 0 atom stereocenters. The number of fused-ring (bicyclic) bond motifs is 1. The molecule has 1 amide bonds. The summed E-state index contributed by atoms with van der Waals surface area (Å²) in [6.45, 7) is 3.95. The topological polar surface area (TPSA) is 88.0 Å². The summed E-state index contributed by atoms with van der Waals surface area (Å²) in [5.41, 5.74) is 2.67. The number of nitrogens with zero attached hydrogens (tertiary/aromatic N) is 4. The van der Waals surface area contributed by atoms with Gasteiger partial charge in [0.1, 0.15) is 0 Å². The van der Waals surface area contributed by atoms with Crippen molar-refractivity contribution in [3.8, 4) is 11.4 Å². The van der Waals surface area contributed by atoms with E-state index in [0.29, 0.717) is 5.82 Å². The van der Waals surface area contributed by atoms with E-state index in [1.807, 2.05) is 54.8 Å². The first-order valence-electron chi connectivity index (χ1n) is 8.02. The van der Waals surface area contributed by atoms with Crippen LogP contribution in [0.3, 0.4) is 0 Å². The number of aromatic amines is 1. The summed E-state index contributed by atoms with van der Waals surface area (Å²) in [4.78, 5) is 23.1. The predicted molar refractivity (Wildman–Crippen MR) is 102 cm³/mol. The van der Waals surface area contributed by atoms with Crippen LogP contribution in [-0.2, 0) is 4.79 Å². The van der Waals surface area contributed by atoms with E-state index >= 15 is 0 Å². The van der Waals surface area contributed by atoms with Gasteiger partial charge in [0.05, 0.1) is 11.4 Å². The molecule has 4 rings (SSSR count). The second kappa shape index (κ2) is 6.57. The lowest BCUT2D eigenvalue weighted by atomic mass is 10.2. The fraction of sp³-hybridized carbons (Fsp3) is 0.111. The average molecular weight is 364 g/mol. The van der Waals surface area contributed by atoms with Crippen molar-refractivity contribution in [1.82, 2.24) is 24.6 Å². The molecular formula is C18H16N6OS. The molecule has 0 aliphatic carbocycles. The molecule has 4 aromatic rings. The lowest BCUT2D eigenvalue weighted by Crippen LogP contribution is -2.09. The molecule has 0 fully saturated rings. The molecule has 0 saturated carbocycles. The van der Waals surface area contributed by atoms with Crippen molar-refractivity contribution in [3.05, 3.63) is 58.9 Å². The number of aryl methyl sites for hydroxylation is 2. The van der Waals surface area contributed by atoms with Gasteiger partial charge in [0.25, 0.3) is 5.91 Å². The zero-order chi connectivity index (χ0) is 18.1. The molecule has 3 aromatic heterocycles. The molecule has 7 nitrogen and oxygen atoms in total. The Hall–Kier alpha value is -3.26. The van der Waals surface area contributed by atoms with Crippen LogP contribution < -0.4 is 5.32 Å². The Morgan fingerprint density at radius 3 is 2.85 bits per heavy atom. The molecule has 0 unspecified atom stereocenters. The minimum Gasteiger partial charge on any atom is -0.290 e. The van der Waals surface area contributed by atoms with Crippen LogP contribution in [0.2, 0.25) is 0 Å². The summed E-state index contributed by atoms with van der Waals surface area (Å²) in [7, 11) is 0. The van der Waals surface area contributed by atoms with Gasteiger partial charge >= 0.3 is 0 Å². The van der Waals surface area contributed by atoms with Crippen molar-refractivity contribution >= 4 is 34.2 Å². The van der Waals surface area contributed by atoms with Crippen molar-refractivity contribution < 1.29 is 4.79 Å². The van der Waals surface area contributed by atoms with Crippen LogP contribution in [0.5, 0.6) is 0 Å². The quantitative estimate of drug-likeness (QED) is 0.543. The zero-order valence-corrected chi connectivity index (χ0v) is 15.0. The normalized spacial score (nSPS) is 11.5. The van der Waals surface area contributed by atoms with E-state index in [2.05, 4.69) is 25.5 Å². The minimum atomic E-state index is -0.301. The van der Waals surface area contributed by atoms with Crippen molar-refractivity contribution in [1.29, 1.82) is 0 Å². The highest BCUT2D eigenvalue weighted by atomic mass is 32.1. The van der Waals surface area contributed by atoms with E-state index in [0.717, 1.165) is 21.9 Å². The number of anilines is 1. The third-order valence-electron chi connectivity index (χ3n) is 3.82. The lowest BCUT2D eigenvalue weighted by Gasteiger charge is -1.96. The van der Waals surface area contributed by atoms with E-state index < -0.39 is 0 Å². The second-order valence-corrected chi connectivity index (χ2v) is 6.99. The average Bonchev–Trinajstić information content (AvgIpc) is 3.29. The first-order valence-corrected chi connectivity index (χ1v) is 8.84. The van der Waals surface area contributed by atoms with E-state index in [9.17, 15) is 4.79 Å². The molecule has 0 spiro atoms. The van der Waals surface area contributed by atoms with Crippen LogP contribution in [0.15, 0.2) is 42.6 Å². The Bertz CT molecular complexity index is 1110. The number of nitrogens with one attached hydrogen (secondary N) is 2. The van der Waals surface area contributed by atoms with E-state index in [4.69, 9.17) is 0 Å². The SMILES string of the molecule is Cc1cn2c(C=CC(=O)Nc3n[nH]c(-c4ccccc4)n3)c(C)nc2s1. The van der Waals surface area contributed by atoms with Crippen LogP contribution in [0.1, 0.15) is 16.3 Å². The van der Waals surface area contributed by atoms with Gasteiger partial charge in [0.2, 0.25) is 5.95 Å². The highest BCUT2D eigenvalue weighted by Crippen LogP contribution is 2.21. The summed E-state index contributed by atoms with van der Waals surface area (Å²) in [5.74, 6) is 0.539. The summed E-state index contributed by atoms with van der Waals surface area (Å²) >= 11 is 1.62. The summed E-state index contributed by atoms with van der Waals surface area (Å²) < 4.78 is 1.99. The Balaban J connectivity index is 1.49. The zero-order valence-electron chi connectivity index (χ0n) is 14.2. The summed E-state index contributed by atoms with van der Waals surface area (Å²) in [5, 5.41) is 9.51. The molecule has 0 saturated heterocycles. The van der Waals surface area contributed by atoms with E-state index in [1.54, 1.807) is 17.4 Å². The van der Waals surface area contributed by atoms with Crippen molar-refractivity contribution in [2.24, 2.45) is 0 Å². The van der Waals surface area contributed by atoms with Gasteiger partial charge < -0.3 is 0 Å². The molecule has 8 heteroatoms. The van der Waals surface area contributed by atoms with Crippen LogP contribution in [0, 0.1) is 13.8 Å². The molecule has 1 aromatic carbocycles. The minimum absolute atomic E-state index is 0.236. The molecule has 2 N–H and O–H groups in total. The van der Waals surface area contributed by atoms with Crippen LogP contribution in [0.4, 0.5) is 5.95 Å². The molecule has 3 heterocycles. The first kappa shape index (κ1) is 16.2. The van der Waals surface area contributed by atoms with Crippen LogP contribution in [-0.4, -0.2) is 30.5 Å². The molecule has 130 valence electrons. The lowest BCUT2D eigenvalue weighted by molar-refractivity contribution is -0.111. The number of carbonyl (C=O) groups is 1. The maximum absolute atomic E-state index is 12.2. The summed E-state index contributed by atoms with van der Waals surface area (Å²) in [6.07, 6.45) is 5.22. The smallest absolute Gasteiger partial charge is 0.250 e. The number of rotatable bonds is 4. The molecule has 0 aliphatic heterocycles. The number of carbonyl (C=O) groups excluding carboxylic acids is 1. The third kappa shape index (κ3) is 3.14. The molecular weight excluding hydrogens is 348 g/mol. The van der Waals surface area contributed by atoms with Crippen LogP contribution in [0.25, 0.3) is 22.4 Å². The Morgan fingerprint density at radius 2 is 2.04 bits per heavy atom. The predicted octanol–water partition coefficient (Wildman–Crippen LogP) is 3.45. The largest absolute Gasteiger partial charge is 0.290 e. The van der Waals surface area contributed by atoms with Crippen molar-refractivity contribution in [2.75, 3.05) is 5.32 Å². The fourth-order valence-corrected chi connectivity index (χ4v) is 3.51. The first-order chi connectivity index (χ1) is 12.6. The number of thiazole rings is 1. The van der Waals surface area contributed by atoms with Crippen LogP contribution >= 0.6 is 11.3 Å². The molecule has 0 bridgehead atoms. The Kier molecular flexibility index (Phi) is 4.10. The van der Waals surface area contributed by atoms with Crippen molar-refractivity contribution in [2.45, 2.75) is 13.8 Å². The van der Waals surface area contributed by atoms with Gasteiger partial charge in [-0.3, -0.25) is 19.6 Å². The number of imidazole rings is 1. The summed E-state index contributed by atoms with van der Waals surface area (Å²) in [6, 6.07) is 9.60. The number of benzene rings is 1. The highest BCUT2D eigenvalue weighted by molar-refractivity contribution is 7.17. The molecule has 26 heavy (non-hydrogen) atoms. The number of aromatic nitrogens is 5.